The Bertz CT molecular complexity index is 448. The fraction of sp³-hybridized carbons (Fsp3) is 0.600. The molecule has 2 atom stereocenters. The fourth-order valence-electron chi connectivity index (χ4n) is 3.01. The number of halogens is 2. The molecule has 3 rings (SSSR count). The minimum absolute atomic E-state index is 0.0539. The number of hydrogen-bond donors (Lipinski definition) is 1. The lowest BCUT2D eigenvalue weighted by molar-refractivity contribution is -0.0712. The van der Waals surface area contributed by atoms with Gasteiger partial charge in [-0.3, -0.25) is 4.90 Å². The van der Waals surface area contributed by atoms with Gasteiger partial charge in [0, 0.05) is 24.7 Å². The summed E-state index contributed by atoms with van der Waals surface area (Å²) in [5.74, 6) is 0. The van der Waals surface area contributed by atoms with E-state index in [4.69, 9.17) is 10.5 Å². The van der Waals surface area contributed by atoms with Gasteiger partial charge in [-0.1, -0.05) is 24.3 Å². The van der Waals surface area contributed by atoms with E-state index in [1.165, 1.54) is 25.0 Å². The van der Waals surface area contributed by atoms with E-state index in [1.807, 2.05) is 0 Å². The van der Waals surface area contributed by atoms with Gasteiger partial charge in [0.05, 0.1) is 18.8 Å². The van der Waals surface area contributed by atoms with Gasteiger partial charge in [-0.05, 0) is 18.4 Å². The Morgan fingerprint density at radius 3 is 2.50 bits per heavy atom. The molecule has 1 heterocycles. The summed E-state index contributed by atoms with van der Waals surface area (Å²) in [6.45, 7) is 2.04. The smallest absolute Gasteiger partial charge is 0.263 e. The van der Waals surface area contributed by atoms with Gasteiger partial charge in [0.2, 0.25) is 0 Å². The number of ether oxygens (including phenoxy) is 1. The molecule has 110 valence electrons. The molecule has 3 nitrogen and oxygen atoms in total. The molecule has 20 heavy (non-hydrogen) atoms. The van der Waals surface area contributed by atoms with Crippen molar-refractivity contribution in [1.29, 1.82) is 0 Å². The molecule has 0 aromatic heterocycles. The molecule has 0 bridgehead atoms. The zero-order chi connectivity index (χ0) is 14.1. The van der Waals surface area contributed by atoms with Crippen molar-refractivity contribution in [3.05, 3.63) is 35.4 Å². The SMILES string of the molecule is NCC1OCCN(C2CC2)C1c1ccc(C(F)F)cc1. The summed E-state index contributed by atoms with van der Waals surface area (Å²) in [5.41, 5.74) is 6.91. The Hall–Kier alpha value is -1.04. The predicted octanol–water partition coefficient (Wildman–Crippen LogP) is 2.49. The van der Waals surface area contributed by atoms with Crippen LogP contribution >= 0.6 is 0 Å². The standard InChI is InChI=1S/C15H20F2N2O/c16-15(17)11-3-1-10(2-4-11)14-13(9-18)20-8-7-19(14)12-5-6-12/h1-4,12-15H,5-9,18H2. The number of morpholine rings is 1. The van der Waals surface area contributed by atoms with Crippen LogP contribution in [0.1, 0.15) is 36.4 Å². The van der Waals surface area contributed by atoms with E-state index in [2.05, 4.69) is 4.90 Å². The minimum Gasteiger partial charge on any atom is -0.374 e. The minimum atomic E-state index is -2.42. The van der Waals surface area contributed by atoms with E-state index in [0.717, 1.165) is 12.1 Å². The van der Waals surface area contributed by atoms with Crippen LogP contribution in [-0.2, 0) is 4.74 Å². The van der Waals surface area contributed by atoms with Crippen LogP contribution in [0, 0.1) is 0 Å². The summed E-state index contributed by atoms with van der Waals surface area (Å²) in [6, 6.07) is 7.29. The first kappa shape index (κ1) is 13.9. The van der Waals surface area contributed by atoms with Gasteiger partial charge in [-0.2, -0.15) is 0 Å². The molecule has 1 saturated carbocycles. The van der Waals surface area contributed by atoms with Crippen LogP contribution in [0.3, 0.4) is 0 Å². The molecule has 2 fully saturated rings. The van der Waals surface area contributed by atoms with E-state index < -0.39 is 6.43 Å². The molecule has 1 aromatic carbocycles. The maximum absolute atomic E-state index is 12.6. The molecular formula is C15H20F2N2O. The van der Waals surface area contributed by atoms with Crippen molar-refractivity contribution < 1.29 is 13.5 Å². The normalized spacial score (nSPS) is 28.0. The molecule has 2 unspecified atom stereocenters. The van der Waals surface area contributed by atoms with Crippen LogP contribution < -0.4 is 5.73 Å². The maximum Gasteiger partial charge on any atom is 0.263 e. The van der Waals surface area contributed by atoms with E-state index in [1.54, 1.807) is 12.1 Å². The Labute approximate surface area is 117 Å². The second-order valence-corrected chi connectivity index (χ2v) is 5.53. The van der Waals surface area contributed by atoms with Gasteiger partial charge in [-0.15, -0.1) is 0 Å². The van der Waals surface area contributed by atoms with Crippen LogP contribution in [0.4, 0.5) is 8.78 Å². The van der Waals surface area contributed by atoms with Gasteiger partial charge >= 0.3 is 0 Å². The summed E-state index contributed by atoms with van der Waals surface area (Å²) < 4.78 is 31.1. The van der Waals surface area contributed by atoms with Gasteiger partial charge in [0.1, 0.15) is 0 Å². The van der Waals surface area contributed by atoms with Crippen molar-refractivity contribution in [1.82, 2.24) is 4.90 Å². The molecule has 2 N–H and O–H groups in total. The van der Waals surface area contributed by atoms with Crippen LogP contribution in [0.5, 0.6) is 0 Å². The fourth-order valence-corrected chi connectivity index (χ4v) is 3.01. The third kappa shape index (κ3) is 2.71. The number of hydrogen-bond acceptors (Lipinski definition) is 3. The molecular weight excluding hydrogens is 262 g/mol. The summed E-state index contributed by atoms with van der Waals surface area (Å²) in [6.07, 6.45) is -0.0514. The summed E-state index contributed by atoms with van der Waals surface area (Å²) in [4.78, 5) is 2.43. The second kappa shape index (κ2) is 5.76. The third-order valence-electron chi connectivity index (χ3n) is 4.17. The number of alkyl halides is 2. The molecule has 0 spiro atoms. The average Bonchev–Trinajstić information content (AvgIpc) is 3.31. The largest absolute Gasteiger partial charge is 0.374 e. The highest BCUT2D eigenvalue weighted by molar-refractivity contribution is 5.27. The van der Waals surface area contributed by atoms with E-state index in [9.17, 15) is 8.78 Å². The quantitative estimate of drug-likeness (QED) is 0.922. The Morgan fingerprint density at radius 2 is 1.95 bits per heavy atom. The van der Waals surface area contributed by atoms with Gasteiger partial charge in [0.15, 0.2) is 0 Å². The molecule has 0 amide bonds. The monoisotopic (exact) mass is 282 g/mol. The average molecular weight is 282 g/mol. The first-order chi connectivity index (χ1) is 9.70. The number of nitrogens with two attached hydrogens (primary N) is 1. The highest BCUT2D eigenvalue weighted by Crippen LogP contribution is 2.38. The predicted molar refractivity (Wildman–Crippen MR) is 72.7 cm³/mol. The van der Waals surface area contributed by atoms with Gasteiger partial charge in [0.25, 0.3) is 6.43 Å². The van der Waals surface area contributed by atoms with Crippen LogP contribution in [0.15, 0.2) is 24.3 Å². The van der Waals surface area contributed by atoms with Crippen molar-refractivity contribution in [3.63, 3.8) is 0 Å². The van der Waals surface area contributed by atoms with Crippen molar-refractivity contribution in [2.45, 2.75) is 37.5 Å². The maximum atomic E-state index is 12.6. The van der Waals surface area contributed by atoms with E-state index >= 15 is 0 Å². The van der Waals surface area contributed by atoms with Crippen molar-refractivity contribution in [2.75, 3.05) is 19.7 Å². The second-order valence-electron chi connectivity index (χ2n) is 5.53. The van der Waals surface area contributed by atoms with Crippen molar-refractivity contribution in [2.24, 2.45) is 5.73 Å². The van der Waals surface area contributed by atoms with Crippen LogP contribution in [0.2, 0.25) is 0 Å². The lowest BCUT2D eigenvalue weighted by Crippen LogP contribution is -2.49. The molecule has 5 heteroatoms. The molecule has 0 radical (unpaired) electrons. The molecule has 1 saturated heterocycles. The van der Waals surface area contributed by atoms with Gasteiger partial charge in [-0.25, -0.2) is 8.78 Å². The Balaban J connectivity index is 1.86. The van der Waals surface area contributed by atoms with Crippen molar-refractivity contribution >= 4 is 0 Å². The zero-order valence-electron chi connectivity index (χ0n) is 11.3. The number of rotatable bonds is 4. The summed E-state index contributed by atoms with van der Waals surface area (Å²) >= 11 is 0. The zero-order valence-corrected chi connectivity index (χ0v) is 11.3. The van der Waals surface area contributed by atoms with E-state index in [0.29, 0.717) is 19.2 Å². The first-order valence-electron chi connectivity index (χ1n) is 7.16. The number of nitrogens with zero attached hydrogens (tertiary/aromatic N) is 1. The Kier molecular flexibility index (Phi) is 4.01. The Morgan fingerprint density at radius 1 is 1.25 bits per heavy atom. The topological polar surface area (TPSA) is 38.5 Å². The molecule has 1 aliphatic heterocycles. The lowest BCUT2D eigenvalue weighted by atomic mass is 9.96. The van der Waals surface area contributed by atoms with Crippen LogP contribution in [0.25, 0.3) is 0 Å². The molecule has 1 aliphatic carbocycles. The van der Waals surface area contributed by atoms with E-state index in [-0.39, 0.29) is 17.7 Å². The molecule has 1 aromatic rings. The van der Waals surface area contributed by atoms with Crippen LogP contribution in [-0.4, -0.2) is 36.7 Å². The molecule has 2 aliphatic rings. The summed E-state index contributed by atoms with van der Waals surface area (Å²) in [7, 11) is 0. The lowest BCUT2D eigenvalue weighted by Gasteiger charge is -2.41. The van der Waals surface area contributed by atoms with Gasteiger partial charge < -0.3 is 10.5 Å². The first-order valence-corrected chi connectivity index (χ1v) is 7.16. The number of benzene rings is 1. The highest BCUT2D eigenvalue weighted by atomic mass is 19.3. The highest BCUT2D eigenvalue weighted by Gasteiger charge is 2.40. The van der Waals surface area contributed by atoms with Crippen molar-refractivity contribution in [3.8, 4) is 0 Å². The summed E-state index contributed by atoms with van der Waals surface area (Å²) in [5, 5.41) is 0. The third-order valence-corrected chi connectivity index (χ3v) is 4.17.